The van der Waals surface area contributed by atoms with Gasteiger partial charge in [0.15, 0.2) is 0 Å². The molecule has 0 aliphatic rings. The average Bonchev–Trinajstić information content (AvgIpc) is 2.28. The van der Waals surface area contributed by atoms with Gasteiger partial charge in [-0.25, -0.2) is 0 Å². The van der Waals surface area contributed by atoms with E-state index in [0.717, 1.165) is 0 Å². The standard InChI is InChI=1S/2C6H6O2.K.Na.Ti/c2*7-5-3-1-2-4-6(5)8;;;/h2*1-4,7-8H;;;/q;;;;+4/p-4. The van der Waals surface area contributed by atoms with E-state index in [2.05, 4.69) is 0 Å². The number of hydrogen-bond donors (Lipinski definition) is 0. The van der Waals surface area contributed by atoms with Gasteiger partial charge in [0.2, 0.25) is 0 Å². The van der Waals surface area contributed by atoms with E-state index in [1.165, 1.54) is 24.3 Å². The fourth-order valence-corrected chi connectivity index (χ4v) is 0.900. The smallest absolute Gasteiger partial charge is 0.873 e. The van der Waals surface area contributed by atoms with E-state index in [4.69, 9.17) is 0 Å². The van der Waals surface area contributed by atoms with Gasteiger partial charge in [-0.2, -0.15) is 0 Å². The van der Waals surface area contributed by atoms with Crippen LogP contribution in [0.1, 0.15) is 0 Å². The van der Waals surface area contributed by atoms with Crippen molar-refractivity contribution in [2.24, 2.45) is 0 Å². The zero-order valence-electron chi connectivity index (χ0n) is 10.8. The molecular weight excluding hydrogens is 318 g/mol. The molecule has 0 amide bonds. The Bertz CT molecular complexity index is 385. The molecule has 7 heteroatoms. The molecule has 0 unspecified atom stereocenters. The van der Waals surface area contributed by atoms with Crippen LogP contribution < -0.4 is 20.4 Å². The van der Waals surface area contributed by atoms with Crippen LogP contribution in [0.15, 0.2) is 48.5 Å². The number of para-hydroxylation sites is 4. The van der Waals surface area contributed by atoms with Gasteiger partial charge >= 0.3 is 21.7 Å². The molecule has 0 aliphatic carbocycles. The molecule has 2 aromatic rings. The van der Waals surface area contributed by atoms with Gasteiger partial charge in [0.1, 0.15) is 0 Å². The maximum Gasteiger partial charge on any atom is 4.00 e. The first-order chi connectivity index (χ1) is 7.61. The molecule has 0 heterocycles. The van der Waals surface area contributed by atoms with Gasteiger partial charge in [0.25, 0.3) is 0 Å². The van der Waals surface area contributed by atoms with Crippen molar-refractivity contribution in [3.05, 3.63) is 48.5 Å². The molecule has 86 valence electrons. The van der Waals surface area contributed by atoms with Crippen LogP contribution in [0.2, 0.25) is 0 Å². The minimum Gasteiger partial charge on any atom is -0.873 e. The second-order valence-electron chi connectivity index (χ2n) is 2.89. The van der Waals surface area contributed by atoms with Crippen molar-refractivity contribution in [2.45, 2.75) is 0 Å². The summed E-state index contributed by atoms with van der Waals surface area (Å²) < 4.78 is 0. The Morgan fingerprint density at radius 1 is 0.526 bits per heavy atom. The van der Waals surface area contributed by atoms with Crippen LogP contribution in [-0.4, -0.2) is 80.9 Å². The van der Waals surface area contributed by atoms with E-state index < -0.39 is 23.0 Å². The molecule has 0 bridgehead atoms. The summed E-state index contributed by atoms with van der Waals surface area (Å²) >= 11 is 0. The Hall–Kier alpha value is 0.991. The molecule has 2 radical (unpaired) electrons. The van der Waals surface area contributed by atoms with E-state index in [1.54, 1.807) is 24.3 Å². The molecule has 19 heavy (non-hydrogen) atoms. The van der Waals surface area contributed by atoms with Crippen molar-refractivity contribution < 1.29 is 42.1 Å². The van der Waals surface area contributed by atoms with Crippen molar-refractivity contribution in [3.8, 4) is 23.0 Å². The predicted molar refractivity (Wildman–Crippen MR) is 62.2 cm³/mol. The minimum atomic E-state index is -0.437. The normalized spacial score (nSPS) is 7.58. The Labute approximate surface area is 191 Å². The van der Waals surface area contributed by atoms with Gasteiger partial charge in [0, 0.05) is 80.9 Å². The van der Waals surface area contributed by atoms with E-state index in [-0.39, 0.29) is 103 Å². The number of benzene rings is 2. The van der Waals surface area contributed by atoms with Gasteiger partial charge < -0.3 is 20.4 Å². The van der Waals surface area contributed by atoms with Crippen molar-refractivity contribution in [2.75, 3.05) is 0 Å². The Morgan fingerprint density at radius 2 is 0.684 bits per heavy atom. The summed E-state index contributed by atoms with van der Waals surface area (Å²) in [6.07, 6.45) is 0. The van der Waals surface area contributed by atoms with Crippen LogP contribution in [-0.2, 0) is 21.7 Å². The largest absolute Gasteiger partial charge is 4.00 e. The molecule has 0 saturated carbocycles. The molecule has 2 aromatic carbocycles. The maximum atomic E-state index is 10.3. The summed E-state index contributed by atoms with van der Waals surface area (Å²) in [5.74, 6) is -1.75. The Kier molecular flexibility index (Phi) is 18.3. The van der Waals surface area contributed by atoms with Crippen molar-refractivity contribution >= 4 is 80.9 Å². The summed E-state index contributed by atoms with van der Waals surface area (Å²) in [5, 5.41) is 41.2. The van der Waals surface area contributed by atoms with Crippen LogP contribution >= 0.6 is 0 Å². The first kappa shape index (κ1) is 25.0. The van der Waals surface area contributed by atoms with Crippen LogP contribution in [0.5, 0.6) is 23.0 Å². The Balaban J connectivity index is -0.000000233. The molecular formula is C12H8KNaO4Ti. The molecule has 0 fully saturated rings. The van der Waals surface area contributed by atoms with Crippen molar-refractivity contribution in [1.29, 1.82) is 0 Å². The van der Waals surface area contributed by atoms with Gasteiger partial charge in [-0.1, -0.05) is 48.5 Å². The van der Waals surface area contributed by atoms with Crippen LogP contribution in [0.3, 0.4) is 0 Å². The fourth-order valence-electron chi connectivity index (χ4n) is 0.900. The van der Waals surface area contributed by atoms with Gasteiger partial charge in [-0.15, -0.1) is 23.0 Å². The molecule has 0 saturated heterocycles. The quantitative estimate of drug-likeness (QED) is 0.575. The average molecular weight is 326 g/mol. The molecule has 4 nitrogen and oxygen atoms in total. The van der Waals surface area contributed by atoms with E-state index in [9.17, 15) is 20.4 Å². The summed E-state index contributed by atoms with van der Waals surface area (Å²) in [7, 11) is 0. The zero-order chi connectivity index (χ0) is 12.0. The zero-order valence-corrected chi connectivity index (χ0v) is 17.4. The first-order valence-electron chi connectivity index (χ1n) is 4.47. The monoisotopic (exact) mass is 326 g/mol. The van der Waals surface area contributed by atoms with Crippen LogP contribution in [0, 0.1) is 0 Å². The third-order valence-electron chi connectivity index (χ3n) is 1.70. The molecule has 2 rings (SSSR count). The van der Waals surface area contributed by atoms with Gasteiger partial charge in [-0.3, -0.25) is 0 Å². The van der Waals surface area contributed by atoms with Crippen LogP contribution in [0.25, 0.3) is 0 Å². The molecule has 0 atom stereocenters. The third kappa shape index (κ3) is 10.4. The third-order valence-corrected chi connectivity index (χ3v) is 1.70. The number of hydrogen-bond acceptors (Lipinski definition) is 4. The molecule has 0 spiro atoms. The second-order valence-corrected chi connectivity index (χ2v) is 2.89. The summed E-state index contributed by atoms with van der Waals surface area (Å²) in [6, 6.07) is 11.2. The first-order valence-corrected chi connectivity index (χ1v) is 4.47. The van der Waals surface area contributed by atoms with Crippen molar-refractivity contribution in [3.63, 3.8) is 0 Å². The molecule has 0 aliphatic heterocycles. The van der Waals surface area contributed by atoms with Gasteiger partial charge in [-0.05, 0) is 0 Å². The predicted octanol–water partition coefficient (Wildman–Crippen LogP) is -1.10. The van der Waals surface area contributed by atoms with Crippen molar-refractivity contribution in [1.82, 2.24) is 0 Å². The van der Waals surface area contributed by atoms with Gasteiger partial charge in [0.05, 0.1) is 0 Å². The summed E-state index contributed by atoms with van der Waals surface area (Å²) in [4.78, 5) is 0. The fraction of sp³-hybridized carbons (Fsp3) is 0. The summed E-state index contributed by atoms with van der Waals surface area (Å²) in [5.41, 5.74) is 0. The van der Waals surface area contributed by atoms with Crippen LogP contribution in [0.4, 0.5) is 0 Å². The molecule has 0 N–H and O–H groups in total. The van der Waals surface area contributed by atoms with E-state index in [1.807, 2.05) is 0 Å². The minimum absolute atomic E-state index is 0. The molecule has 0 aromatic heterocycles. The second kappa shape index (κ2) is 14.0. The number of rotatable bonds is 0. The summed E-state index contributed by atoms with van der Waals surface area (Å²) in [6.45, 7) is 0. The van der Waals surface area contributed by atoms with E-state index in [0.29, 0.717) is 0 Å². The topological polar surface area (TPSA) is 92.2 Å². The Morgan fingerprint density at radius 3 is 0.789 bits per heavy atom. The maximum absolute atomic E-state index is 10.3. The SMILES string of the molecule is [K].[Na].[O-]c1ccccc1[O-].[O-]c1ccccc1[O-].[Ti+4]. The van der Waals surface area contributed by atoms with E-state index >= 15 is 0 Å².